The topological polar surface area (TPSA) is 58.1 Å². The smallest absolute Gasteiger partial charge is 0.191 e. The van der Waals surface area contributed by atoms with Gasteiger partial charge in [0, 0.05) is 32.7 Å². The molecule has 0 saturated carbocycles. The molecule has 140 valence electrons. The van der Waals surface area contributed by atoms with Gasteiger partial charge in [-0.3, -0.25) is 9.89 Å². The average molecular weight is 348 g/mol. The van der Waals surface area contributed by atoms with Crippen molar-refractivity contribution < 1.29 is 9.47 Å². The molecule has 1 unspecified atom stereocenters. The van der Waals surface area contributed by atoms with E-state index < -0.39 is 0 Å². The number of hydrogen-bond acceptors (Lipinski definition) is 4. The summed E-state index contributed by atoms with van der Waals surface area (Å²) < 4.78 is 11.2. The number of ether oxygens (including phenoxy) is 2. The van der Waals surface area contributed by atoms with Gasteiger partial charge in [-0.1, -0.05) is 32.0 Å². The van der Waals surface area contributed by atoms with E-state index in [0.717, 1.165) is 44.6 Å². The van der Waals surface area contributed by atoms with Crippen molar-refractivity contribution in [1.29, 1.82) is 0 Å². The van der Waals surface area contributed by atoms with Crippen molar-refractivity contribution >= 4 is 5.96 Å². The molecule has 1 aromatic rings. The van der Waals surface area contributed by atoms with Crippen molar-refractivity contribution in [1.82, 2.24) is 15.5 Å². The molecule has 0 bridgehead atoms. The highest BCUT2D eigenvalue weighted by atomic mass is 16.5. The predicted octanol–water partition coefficient (Wildman–Crippen LogP) is 1.59. The molecule has 2 rings (SSSR count). The molecule has 0 radical (unpaired) electrons. The second-order valence-corrected chi connectivity index (χ2v) is 6.50. The summed E-state index contributed by atoms with van der Waals surface area (Å²) in [6.07, 6.45) is 0. The van der Waals surface area contributed by atoms with E-state index >= 15 is 0 Å². The first-order chi connectivity index (χ1) is 12.2. The molecule has 0 spiro atoms. The molecule has 1 aliphatic heterocycles. The summed E-state index contributed by atoms with van der Waals surface area (Å²) in [6.45, 7) is 10.4. The lowest BCUT2D eigenvalue weighted by Gasteiger charge is -2.37. The SMILES string of the molecule is CN=C(NCCOc1ccccc1)NCC(C(C)C)N1CCOCC1. The van der Waals surface area contributed by atoms with Crippen LogP contribution in [-0.2, 0) is 4.74 Å². The van der Waals surface area contributed by atoms with Gasteiger partial charge in [-0.25, -0.2) is 0 Å². The maximum atomic E-state index is 5.69. The Morgan fingerprint density at radius 1 is 1.20 bits per heavy atom. The van der Waals surface area contributed by atoms with Crippen LogP contribution in [0.25, 0.3) is 0 Å². The Bertz CT molecular complexity index is 501. The first-order valence-corrected chi connectivity index (χ1v) is 9.15. The van der Waals surface area contributed by atoms with Gasteiger partial charge < -0.3 is 20.1 Å². The second kappa shape index (κ2) is 10.9. The lowest BCUT2D eigenvalue weighted by molar-refractivity contribution is 0.00752. The number of morpholine rings is 1. The fourth-order valence-electron chi connectivity index (χ4n) is 2.97. The third-order valence-electron chi connectivity index (χ3n) is 4.39. The van der Waals surface area contributed by atoms with Gasteiger partial charge in [0.2, 0.25) is 0 Å². The Hall–Kier alpha value is -1.79. The number of para-hydroxylation sites is 1. The third-order valence-corrected chi connectivity index (χ3v) is 4.39. The average Bonchev–Trinajstić information content (AvgIpc) is 2.65. The van der Waals surface area contributed by atoms with Crippen LogP contribution in [0.5, 0.6) is 5.75 Å². The molecular formula is C19H32N4O2. The van der Waals surface area contributed by atoms with E-state index in [-0.39, 0.29) is 0 Å². The molecule has 6 heteroatoms. The van der Waals surface area contributed by atoms with Crippen LogP contribution in [-0.4, -0.2) is 69.9 Å². The largest absolute Gasteiger partial charge is 0.492 e. The minimum Gasteiger partial charge on any atom is -0.492 e. The molecule has 1 aromatic carbocycles. The van der Waals surface area contributed by atoms with Crippen molar-refractivity contribution in [2.45, 2.75) is 19.9 Å². The van der Waals surface area contributed by atoms with Crippen LogP contribution >= 0.6 is 0 Å². The molecule has 1 aliphatic rings. The molecule has 0 aromatic heterocycles. The van der Waals surface area contributed by atoms with Crippen LogP contribution in [0.3, 0.4) is 0 Å². The van der Waals surface area contributed by atoms with Crippen molar-refractivity contribution in [3.8, 4) is 5.75 Å². The maximum Gasteiger partial charge on any atom is 0.191 e. The minimum atomic E-state index is 0.475. The molecule has 0 amide bonds. The monoisotopic (exact) mass is 348 g/mol. The Kier molecular flexibility index (Phi) is 8.55. The van der Waals surface area contributed by atoms with Gasteiger partial charge in [0.05, 0.1) is 19.8 Å². The Morgan fingerprint density at radius 2 is 1.92 bits per heavy atom. The lowest BCUT2D eigenvalue weighted by Crippen LogP contribution is -2.52. The molecule has 1 heterocycles. The number of nitrogens with one attached hydrogen (secondary N) is 2. The Morgan fingerprint density at radius 3 is 2.56 bits per heavy atom. The van der Waals surface area contributed by atoms with Gasteiger partial charge in [-0.15, -0.1) is 0 Å². The van der Waals surface area contributed by atoms with Gasteiger partial charge in [0.1, 0.15) is 12.4 Å². The lowest BCUT2D eigenvalue weighted by atomic mass is 10.0. The highest BCUT2D eigenvalue weighted by molar-refractivity contribution is 5.79. The second-order valence-electron chi connectivity index (χ2n) is 6.50. The van der Waals surface area contributed by atoms with Crippen LogP contribution in [0, 0.1) is 5.92 Å². The van der Waals surface area contributed by atoms with Crippen molar-refractivity contribution in [2.24, 2.45) is 10.9 Å². The van der Waals surface area contributed by atoms with E-state index in [1.807, 2.05) is 30.3 Å². The molecular weight excluding hydrogens is 316 g/mol. The minimum absolute atomic E-state index is 0.475. The zero-order valence-electron chi connectivity index (χ0n) is 15.7. The summed E-state index contributed by atoms with van der Waals surface area (Å²) >= 11 is 0. The molecule has 0 aliphatic carbocycles. The van der Waals surface area contributed by atoms with E-state index in [9.17, 15) is 0 Å². The van der Waals surface area contributed by atoms with Gasteiger partial charge >= 0.3 is 0 Å². The van der Waals surface area contributed by atoms with Crippen LogP contribution < -0.4 is 15.4 Å². The Balaban J connectivity index is 1.70. The first-order valence-electron chi connectivity index (χ1n) is 9.15. The third kappa shape index (κ3) is 6.92. The number of nitrogens with zero attached hydrogens (tertiary/aromatic N) is 2. The van der Waals surface area contributed by atoms with Gasteiger partial charge in [-0.05, 0) is 18.1 Å². The molecule has 2 N–H and O–H groups in total. The summed E-state index contributed by atoms with van der Waals surface area (Å²) in [5.41, 5.74) is 0. The number of benzene rings is 1. The molecule has 1 atom stereocenters. The fourth-order valence-corrected chi connectivity index (χ4v) is 2.97. The Labute approximate surface area is 151 Å². The number of guanidine groups is 1. The van der Waals surface area contributed by atoms with Crippen molar-refractivity contribution in [2.75, 3.05) is 53.0 Å². The normalized spacial score (nSPS) is 17.4. The van der Waals surface area contributed by atoms with Crippen LogP contribution in [0.4, 0.5) is 0 Å². The van der Waals surface area contributed by atoms with E-state index in [4.69, 9.17) is 9.47 Å². The molecule has 25 heavy (non-hydrogen) atoms. The fraction of sp³-hybridized carbons (Fsp3) is 0.632. The summed E-state index contributed by atoms with van der Waals surface area (Å²) in [5, 5.41) is 6.76. The molecule has 6 nitrogen and oxygen atoms in total. The van der Waals surface area contributed by atoms with E-state index in [2.05, 4.69) is 34.4 Å². The standard InChI is InChI=1S/C19H32N4O2/c1-16(2)18(23-10-13-24-14-11-23)15-22-19(20-3)21-9-12-25-17-7-5-4-6-8-17/h4-8,16,18H,9-15H2,1-3H3,(H2,20,21,22). The zero-order chi connectivity index (χ0) is 17.9. The van der Waals surface area contributed by atoms with E-state index in [0.29, 0.717) is 25.1 Å². The quantitative estimate of drug-likeness (QED) is 0.424. The van der Waals surface area contributed by atoms with Crippen LogP contribution in [0.1, 0.15) is 13.8 Å². The zero-order valence-corrected chi connectivity index (χ0v) is 15.7. The number of aliphatic imine (C=N–C) groups is 1. The van der Waals surface area contributed by atoms with E-state index in [1.165, 1.54) is 0 Å². The van der Waals surface area contributed by atoms with Crippen molar-refractivity contribution in [3.63, 3.8) is 0 Å². The predicted molar refractivity (Wildman–Crippen MR) is 102 cm³/mol. The van der Waals surface area contributed by atoms with Gasteiger partial charge in [0.25, 0.3) is 0 Å². The molecule has 1 fully saturated rings. The maximum absolute atomic E-state index is 5.69. The summed E-state index contributed by atoms with van der Waals surface area (Å²) in [6, 6.07) is 10.3. The van der Waals surface area contributed by atoms with Gasteiger partial charge in [0.15, 0.2) is 5.96 Å². The number of hydrogen-bond donors (Lipinski definition) is 2. The van der Waals surface area contributed by atoms with Crippen LogP contribution in [0.15, 0.2) is 35.3 Å². The summed E-state index contributed by atoms with van der Waals surface area (Å²) in [7, 11) is 1.80. The van der Waals surface area contributed by atoms with Crippen LogP contribution in [0.2, 0.25) is 0 Å². The highest BCUT2D eigenvalue weighted by Crippen LogP contribution is 2.12. The highest BCUT2D eigenvalue weighted by Gasteiger charge is 2.23. The number of rotatable bonds is 8. The van der Waals surface area contributed by atoms with Gasteiger partial charge in [-0.2, -0.15) is 0 Å². The molecule has 1 saturated heterocycles. The summed E-state index contributed by atoms with van der Waals surface area (Å²) in [4.78, 5) is 6.81. The van der Waals surface area contributed by atoms with Crippen molar-refractivity contribution in [3.05, 3.63) is 30.3 Å². The first kappa shape index (κ1) is 19.5. The van der Waals surface area contributed by atoms with E-state index in [1.54, 1.807) is 7.05 Å². The summed E-state index contributed by atoms with van der Waals surface area (Å²) in [5.74, 6) is 2.28.